The zero-order chi connectivity index (χ0) is 25.6. The van der Waals surface area contributed by atoms with Crippen LogP contribution < -0.4 is 10.6 Å². The summed E-state index contributed by atoms with van der Waals surface area (Å²) in [5, 5.41) is 15.1. The van der Waals surface area contributed by atoms with E-state index in [1.165, 1.54) is 18.3 Å². The van der Waals surface area contributed by atoms with Crippen molar-refractivity contribution in [3.05, 3.63) is 100 Å². The van der Waals surface area contributed by atoms with Crippen LogP contribution in [-0.4, -0.2) is 28.8 Å². The minimum Gasteiger partial charge on any atom is -0.394 e. The number of benzene rings is 2. The zero-order valence-electron chi connectivity index (χ0n) is 18.7. The number of amides is 2. The number of nitrogens with zero attached hydrogens (tertiary/aromatic N) is 1. The van der Waals surface area contributed by atoms with Crippen LogP contribution in [0.5, 0.6) is 0 Å². The number of aliphatic hydroxyl groups excluding tert-OH is 1. The van der Waals surface area contributed by atoms with Crippen LogP contribution in [0.2, 0.25) is 5.02 Å². The Morgan fingerprint density at radius 1 is 1.09 bits per heavy atom. The molecular weight excluding hydrogens is 486 g/mol. The van der Waals surface area contributed by atoms with Gasteiger partial charge in [-0.15, -0.1) is 0 Å². The summed E-state index contributed by atoms with van der Waals surface area (Å²) in [6.45, 7) is 1.41. The van der Waals surface area contributed by atoms with Gasteiger partial charge in [-0.2, -0.15) is 13.2 Å². The van der Waals surface area contributed by atoms with Crippen molar-refractivity contribution < 1.29 is 27.5 Å². The molecule has 10 heteroatoms. The van der Waals surface area contributed by atoms with E-state index in [-0.39, 0.29) is 29.3 Å². The molecule has 0 aliphatic heterocycles. The SMILES string of the molecule is CCC(CO)NC(=O)N[C@@](Cc1ccccc1)(c1cc(F)cc(C(F)(F)F)c1)c1ccc(Cl)cn1. The Balaban J connectivity index is 2.26. The number of carbonyl (C=O) groups is 1. The molecule has 3 rings (SSSR count). The fraction of sp³-hybridized carbons (Fsp3) is 0.280. The standard InChI is InChI=1S/C25H24ClF4N3O2/c1-2-21(15-34)32-23(35)33-24(13-16-6-4-3-5-7-16,22-9-8-19(26)14-31-22)17-10-18(25(28,29)30)12-20(27)11-17/h3-12,14,21,34H,2,13,15H2,1H3,(H2,32,33,35)/t21?,24-/m0/s1. The second-order valence-electron chi connectivity index (χ2n) is 8.04. The number of aromatic nitrogens is 1. The van der Waals surface area contributed by atoms with E-state index in [0.717, 1.165) is 12.1 Å². The highest BCUT2D eigenvalue weighted by molar-refractivity contribution is 6.30. The molecule has 186 valence electrons. The van der Waals surface area contributed by atoms with Crippen molar-refractivity contribution in [1.82, 2.24) is 15.6 Å². The van der Waals surface area contributed by atoms with Crippen LogP contribution in [0, 0.1) is 5.82 Å². The van der Waals surface area contributed by atoms with Gasteiger partial charge in [-0.05, 0) is 47.9 Å². The Bertz CT molecular complexity index is 1140. The lowest BCUT2D eigenvalue weighted by atomic mass is 9.79. The quantitative estimate of drug-likeness (QED) is 0.354. The van der Waals surface area contributed by atoms with E-state index in [2.05, 4.69) is 15.6 Å². The number of hydrogen-bond donors (Lipinski definition) is 3. The lowest BCUT2D eigenvalue weighted by Gasteiger charge is -2.36. The van der Waals surface area contributed by atoms with Gasteiger partial charge in [0, 0.05) is 12.6 Å². The zero-order valence-corrected chi connectivity index (χ0v) is 19.5. The Kier molecular flexibility index (Phi) is 8.34. The van der Waals surface area contributed by atoms with Crippen molar-refractivity contribution in [2.24, 2.45) is 0 Å². The number of urea groups is 1. The monoisotopic (exact) mass is 509 g/mol. The second kappa shape index (κ2) is 11.0. The Morgan fingerprint density at radius 2 is 1.77 bits per heavy atom. The lowest BCUT2D eigenvalue weighted by molar-refractivity contribution is -0.137. The van der Waals surface area contributed by atoms with Crippen molar-refractivity contribution in [2.45, 2.75) is 37.5 Å². The summed E-state index contributed by atoms with van der Waals surface area (Å²) in [5.74, 6) is -1.12. The molecule has 0 aliphatic rings. The number of aliphatic hydroxyl groups is 1. The van der Waals surface area contributed by atoms with Crippen LogP contribution >= 0.6 is 11.6 Å². The molecule has 2 amide bonds. The van der Waals surface area contributed by atoms with Gasteiger partial charge in [-0.1, -0.05) is 48.9 Å². The fourth-order valence-electron chi connectivity index (χ4n) is 3.74. The molecule has 1 aromatic heterocycles. The predicted octanol–water partition coefficient (Wildman–Crippen LogP) is 5.45. The molecule has 0 radical (unpaired) electrons. The molecule has 5 nitrogen and oxygen atoms in total. The normalized spacial score (nSPS) is 14.1. The third kappa shape index (κ3) is 6.49. The van der Waals surface area contributed by atoms with E-state index < -0.39 is 35.2 Å². The molecule has 1 heterocycles. The molecule has 1 unspecified atom stereocenters. The summed E-state index contributed by atoms with van der Waals surface area (Å²) < 4.78 is 55.4. The number of hydrogen-bond acceptors (Lipinski definition) is 3. The first-order valence-corrected chi connectivity index (χ1v) is 11.2. The molecule has 0 fully saturated rings. The smallest absolute Gasteiger partial charge is 0.394 e. The number of rotatable bonds is 8. The molecule has 0 bridgehead atoms. The predicted molar refractivity (Wildman–Crippen MR) is 124 cm³/mol. The number of halogens is 5. The van der Waals surface area contributed by atoms with Gasteiger partial charge in [0.1, 0.15) is 11.4 Å². The maximum absolute atomic E-state index is 14.6. The lowest BCUT2D eigenvalue weighted by Crippen LogP contribution is -2.54. The minimum absolute atomic E-state index is 0.0490. The van der Waals surface area contributed by atoms with E-state index in [9.17, 15) is 27.5 Å². The average molecular weight is 510 g/mol. The fourth-order valence-corrected chi connectivity index (χ4v) is 3.85. The number of pyridine rings is 1. The minimum atomic E-state index is -4.82. The molecule has 0 saturated carbocycles. The third-order valence-electron chi connectivity index (χ3n) is 5.57. The summed E-state index contributed by atoms with van der Waals surface area (Å²) >= 11 is 5.99. The van der Waals surface area contributed by atoms with Crippen molar-refractivity contribution >= 4 is 17.6 Å². The molecule has 35 heavy (non-hydrogen) atoms. The topological polar surface area (TPSA) is 74.2 Å². The molecule has 3 N–H and O–H groups in total. The van der Waals surface area contributed by atoms with Gasteiger partial charge < -0.3 is 15.7 Å². The number of carbonyl (C=O) groups excluding carboxylic acids is 1. The highest BCUT2D eigenvalue weighted by Gasteiger charge is 2.41. The van der Waals surface area contributed by atoms with Crippen LogP contribution in [-0.2, 0) is 18.1 Å². The van der Waals surface area contributed by atoms with Crippen LogP contribution in [0.4, 0.5) is 22.4 Å². The first-order chi connectivity index (χ1) is 16.6. The van der Waals surface area contributed by atoms with Crippen LogP contribution in [0.1, 0.15) is 35.7 Å². The van der Waals surface area contributed by atoms with E-state index in [0.29, 0.717) is 18.1 Å². The molecule has 3 aromatic rings. The number of nitrogens with one attached hydrogen (secondary N) is 2. The average Bonchev–Trinajstić information content (AvgIpc) is 2.82. The maximum Gasteiger partial charge on any atom is 0.416 e. The summed E-state index contributed by atoms with van der Waals surface area (Å²) in [6.07, 6.45) is -3.17. The van der Waals surface area contributed by atoms with E-state index in [1.54, 1.807) is 37.3 Å². The van der Waals surface area contributed by atoms with Crippen LogP contribution in [0.3, 0.4) is 0 Å². The van der Waals surface area contributed by atoms with Crippen molar-refractivity contribution in [1.29, 1.82) is 0 Å². The third-order valence-corrected chi connectivity index (χ3v) is 5.79. The highest BCUT2D eigenvalue weighted by Crippen LogP contribution is 2.37. The van der Waals surface area contributed by atoms with Gasteiger partial charge >= 0.3 is 12.2 Å². The van der Waals surface area contributed by atoms with Crippen molar-refractivity contribution in [3.63, 3.8) is 0 Å². The van der Waals surface area contributed by atoms with Crippen LogP contribution in [0.15, 0.2) is 66.9 Å². The molecule has 2 aromatic carbocycles. The summed E-state index contributed by atoms with van der Waals surface area (Å²) in [6, 6.07) is 12.4. The Hall–Kier alpha value is -3.17. The summed E-state index contributed by atoms with van der Waals surface area (Å²) in [7, 11) is 0. The van der Waals surface area contributed by atoms with E-state index in [1.807, 2.05) is 0 Å². The van der Waals surface area contributed by atoms with Crippen molar-refractivity contribution in [3.8, 4) is 0 Å². The Morgan fingerprint density at radius 3 is 2.34 bits per heavy atom. The molecule has 2 atom stereocenters. The second-order valence-corrected chi connectivity index (χ2v) is 8.48. The largest absolute Gasteiger partial charge is 0.416 e. The van der Waals surface area contributed by atoms with Gasteiger partial charge in [-0.25, -0.2) is 9.18 Å². The van der Waals surface area contributed by atoms with Crippen LogP contribution in [0.25, 0.3) is 0 Å². The highest BCUT2D eigenvalue weighted by atomic mass is 35.5. The maximum atomic E-state index is 14.6. The molecule has 0 aliphatic carbocycles. The summed E-state index contributed by atoms with van der Waals surface area (Å²) in [5.41, 5.74) is -2.28. The first kappa shape index (κ1) is 26.4. The van der Waals surface area contributed by atoms with Gasteiger partial charge in [-0.3, -0.25) is 4.98 Å². The van der Waals surface area contributed by atoms with Crippen molar-refractivity contribution in [2.75, 3.05) is 6.61 Å². The van der Waals surface area contributed by atoms with Gasteiger partial charge in [0.15, 0.2) is 0 Å². The van der Waals surface area contributed by atoms with E-state index >= 15 is 0 Å². The van der Waals surface area contributed by atoms with Gasteiger partial charge in [0.25, 0.3) is 0 Å². The summed E-state index contributed by atoms with van der Waals surface area (Å²) in [4.78, 5) is 17.3. The van der Waals surface area contributed by atoms with E-state index in [4.69, 9.17) is 11.6 Å². The molecular formula is C25H24ClF4N3O2. The first-order valence-electron chi connectivity index (χ1n) is 10.8. The van der Waals surface area contributed by atoms with Gasteiger partial charge in [0.2, 0.25) is 0 Å². The molecule has 0 spiro atoms. The Labute approximate surface area is 205 Å². The number of alkyl halides is 3. The molecule has 0 saturated heterocycles. The van der Waals surface area contributed by atoms with Gasteiger partial charge in [0.05, 0.1) is 28.9 Å².